The first-order chi connectivity index (χ1) is 6.86. The largest absolute Gasteiger partial charge is 0.489 e. The van der Waals surface area contributed by atoms with Crippen molar-refractivity contribution in [3.63, 3.8) is 0 Å². The Morgan fingerprint density at radius 3 is 3.07 bits per heavy atom. The first-order valence-corrected chi connectivity index (χ1v) is 4.64. The summed E-state index contributed by atoms with van der Waals surface area (Å²) in [6.45, 7) is 5.51. The van der Waals surface area contributed by atoms with Gasteiger partial charge in [0.1, 0.15) is 12.4 Å². The number of nitrogens with two attached hydrogens (primary N) is 1. The molecule has 0 atom stereocenters. The van der Waals surface area contributed by atoms with Gasteiger partial charge in [0.15, 0.2) is 0 Å². The van der Waals surface area contributed by atoms with Crippen LogP contribution in [0.1, 0.15) is 0 Å². The topological polar surface area (TPSA) is 47.3 Å². The molecule has 0 spiro atoms. The average molecular weight is 192 g/mol. The van der Waals surface area contributed by atoms with Crippen molar-refractivity contribution >= 4 is 5.69 Å². The van der Waals surface area contributed by atoms with Gasteiger partial charge in [0, 0.05) is 24.8 Å². The lowest BCUT2D eigenvalue weighted by Gasteiger charge is -2.07. The summed E-state index contributed by atoms with van der Waals surface area (Å²) in [5.74, 6) is 0.840. The van der Waals surface area contributed by atoms with Gasteiger partial charge in [0.2, 0.25) is 0 Å². The third kappa shape index (κ3) is 3.49. The molecule has 0 aliphatic rings. The molecule has 0 heterocycles. The normalized spacial score (nSPS) is 9.50. The third-order valence-electron chi connectivity index (χ3n) is 1.68. The van der Waals surface area contributed by atoms with E-state index < -0.39 is 0 Å². The van der Waals surface area contributed by atoms with Crippen molar-refractivity contribution < 1.29 is 4.74 Å². The van der Waals surface area contributed by atoms with Gasteiger partial charge >= 0.3 is 0 Å². The van der Waals surface area contributed by atoms with Crippen LogP contribution in [0.5, 0.6) is 5.75 Å². The average Bonchev–Trinajstić information content (AvgIpc) is 2.24. The van der Waals surface area contributed by atoms with Crippen LogP contribution in [0.4, 0.5) is 5.69 Å². The second-order valence-corrected chi connectivity index (χ2v) is 2.84. The van der Waals surface area contributed by atoms with E-state index in [9.17, 15) is 0 Å². The van der Waals surface area contributed by atoms with E-state index in [1.807, 2.05) is 24.3 Å². The van der Waals surface area contributed by atoms with Gasteiger partial charge in [-0.25, -0.2) is 0 Å². The smallest absolute Gasteiger partial charge is 0.121 e. The predicted octanol–water partition coefficient (Wildman–Crippen LogP) is 1.62. The zero-order valence-electron chi connectivity index (χ0n) is 8.20. The molecule has 76 valence electrons. The summed E-state index contributed by atoms with van der Waals surface area (Å²) in [4.78, 5) is 0. The Hall–Kier alpha value is -1.48. The molecule has 0 saturated carbocycles. The number of benzene rings is 1. The minimum absolute atomic E-state index is 0.528. The van der Waals surface area contributed by atoms with Gasteiger partial charge in [0.25, 0.3) is 0 Å². The van der Waals surface area contributed by atoms with Crippen molar-refractivity contribution in [1.29, 1.82) is 0 Å². The molecule has 1 rings (SSSR count). The van der Waals surface area contributed by atoms with E-state index >= 15 is 0 Å². The number of anilines is 1. The van der Waals surface area contributed by atoms with Gasteiger partial charge in [-0.15, -0.1) is 0 Å². The minimum Gasteiger partial charge on any atom is -0.489 e. The molecule has 0 unspecified atom stereocenters. The molecular formula is C11H16N2O. The highest BCUT2D eigenvalue weighted by atomic mass is 16.5. The summed E-state index contributed by atoms with van der Waals surface area (Å²) < 4.78 is 5.39. The fraction of sp³-hybridized carbons (Fsp3) is 0.273. The van der Waals surface area contributed by atoms with E-state index in [4.69, 9.17) is 10.5 Å². The fourth-order valence-electron chi connectivity index (χ4n) is 1.07. The second-order valence-electron chi connectivity index (χ2n) is 2.84. The van der Waals surface area contributed by atoms with Crippen molar-refractivity contribution in [2.75, 3.05) is 25.0 Å². The lowest BCUT2D eigenvalue weighted by Crippen LogP contribution is -2.12. The Labute approximate surface area is 84.6 Å². The maximum absolute atomic E-state index is 5.39. The minimum atomic E-state index is 0.528. The van der Waals surface area contributed by atoms with E-state index in [-0.39, 0.29) is 0 Å². The zero-order valence-corrected chi connectivity index (χ0v) is 8.20. The molecular weight excluding hydrogens is 176 g/mol. The summed E-state index contributed by atoms with van der Waals surface area (Å²) in [6.07, 6.45) is 1.72. The Bertz CT molecular complexity index is 286. The standard InChI is InChI=1S/C11H16N2O/c1-2-8-14-11-5-3-4-10(9-11)13-7-6-12/h2-5,9,13H,1,6-8,12H2. The van der Waals surface area contributed by atoms with Crippen LogP contribution in [-0.2, 0) is 0 Å². The Balaban J connectivity index is 2.54. The van der Waals surface area contributed by atoms with Crippen molar-refractivity contribution in [3.8, 4) is 5.75 Å². The molecule has 3 heteroatoms. The van der Waals surface area contributed by atoms with Crippen molar-refractivity contribution in [2.24, 2.45) is 5.73 Å². The second kappa shape index (κ2) is 6.05. The van der Waals surface area contributed by atoms with Crippen molar-refractivity contribution in [3.05, 3.63) is 36.9 Å². The van der Waals surface area contributed by atoms with Crippen LogP contribution < -0.4 is 15.8 Å². The molecule has 14 heavy (non-hydrogen) atoms. The molecule has 0 aliphatic carbocycles. The van der Waals surface area contributed by atoms with Gasteiger partial charge in [-0.2, -0.15) is 0 Å². The lowest BCUT2D eigenvalue weighted by molar-refractivity contribution is 0.363. The van der Waals surface area contributed by atoms with Crippen molar-refractivity contribution in [1.82, 2.24) is 0 Å². The fourth-order valence-corrected chi connectivity index (χ4v) is 1.07. The van der Waals surface area contributed by atoms with E-state index in [1.54, 1.807) is 6.08 Å². The molecule has 3 nitrogen and oxygen atoms in total. The van der Waals surface area contributed by atoms with E-state index in [2.05, 4.69) is 11.9 Å². The molecule has 0 saturated heterocycles. The highest BCUT2D eigenvalue weighted by Crippen LogP contribution is 2.16. The molecule has 0 radical (unpaired) electrons. The van der Waals surface area contributed by atoms with E-state index in [0.29, 0.717) is 13.2 Å². The Kier molecular flexibility index (Phi) is 4.58. The zero-order chi connectivity index (χ0) is 10.2. The van der Waals surface area contributed by atoms with Crippen molar-refractivity contribution in [2.45, 2.75) is 0 Å². The highest BCUT2D eigenvalue weighted by Gasteiger charge is 1.94. The van der Waals surface area contributed by atoms with Crippen LogP contribution in [0.2, 0.25) is 0 Å². The number of hydrogen-bond donors (Lipinski definition) is 2. The molecule has 0 amide bonds. The first kappa shape index (κ1) is 10.6. The van der Waals surface area contributed by atoms with Gasteiger partial charge in [-0.05, 0) is 12.1 Å². The SMILES string of the molecule is C=CCOc1cccc(NCCN)c1. The van der Waals surface area contributed by atoms with Gasteiger partial charge < -0.3 is 15.8 Å². The van der Waals surface area contributed by atoms with Crippen LogP contribution in [0.25, 0.3) is 0 Å². The third-order valence-corrected chi connectivity index (χ3v) is 1.68. The van der Waals surface area contributed by atoms with Crippen LogP contribution in [-0.4, -0.2) is 19.7 Å². The first-order valence-electron chi connectivity index (χ1n) is 4.64. The summed E-state index contributed by atoms with van der Waals surface area (Å²) >= 11 is 0. The Morgan fingerprint density at radius 1 is 1.50 bits per heavy atom. The van der Waals surface area contributed by atoms with Crippen LogP contribution in [0.3, 0.4) is 0 Å². The van der Waals surface area contributed by atoms with Gasteiger partial charge in [-0.3, -0.25) is 0 Å². The highest BCUT2D eigenvalue weighted by molar-refractivity contribution is 5.48. The molecule has 1 aromatic carbocycles. The molecule has 3 N–H and O–H groups in total. The number of ether oxygens (including phenoxy) is 1. The van der Waals surface area contributed by atoms with Crippen LogP contribution >= 0.6 is 0 Å². The number of nitrogens with one attached hydrogen (secondary N) is 1. The molecule has 0 aromatic heterocycles. The maximum atomic E-state index is 5.39. The quantitative estimate of drug-likeness (QED) is 0.673. The van der Waals surface area contributed by atoms with E-state index in [1.165, 1.54) is 0 Å². The summed E-state index contributed by atoms with van der Waals surface area (Å²) in [7, 11) is 0. The Morgan fingerprint density at radius 2 is 2.36 bits per heavy atom. The molecule has 1 aromatic rings. The van der Waals surface area contributed by atoms with Gasteiger partial charge in [-0.1, -0.05) is 18.7 Å². The summed E-state index contributed by atoms with van der Waals surface area (Å²) in [5, 5.41) is 3.18. The van der Waals surface area contributed by atoms with Gasteiger partial charge in [0.05, 0.1) is 0 Å². The van der Waals surface area contributed by atoms with Crippen LogP contribution in [0.15, 0.2) is 36.9 Å². The summed E-state index contributed by atoms with van der Waals surface area (Å²) in [6, 6.07) is 7.78. The van der Waals surface area contributed by atoms with Crippen LogP contribution in [0, 0.1) is 0 Å². The monoisotopic (exact) mass is 192 g/mol. The predicted molar refractivity (Wildman–Crippen MR) is 59.7 cm³/mol. The lowest BCUT2D eigenvalue weighted by atomic mass is 10.3. The van der Waals surface area contributed by atoms with E-state index in [0.717, 1.165) is 18.0 Å². The summed E-state index contributed by atoms with van der Waals surface area (Å²) in [5.41, 5.74) is 6.41. The molecule has 0 bridgehead atoms. The molecule has 0 aliphatic heterocycles. The molecule has 0 fully saturated rings. The number of rotatable bonds is 6. The maximum Gasteiger partial charge on any atom is 0.121 e. The number of hydrogen-bond acceptors (Lipinski definition) is 3.